The number of hydrogen-bond donors (Lipinski definition) is 0. The van der Waals surface area contributed by atoms with Crippen molar-refractivity contribution in [2.24, 2.45) is 0 Å². The van der Waals surface area contributed by atoms with Crippen LogP contribution < -0.4 is 4.74 Å². The number of nitrogens with zero attached hydrogens (tertiary/aromatic N) is 1. The molecule has 10 nitrogen and oxygen atoms in total. The van der Waals surface area contributed by atoms with E-state index in [0.717, 1.165) is 6.08 Å². The van der Waals surface area contributed by atoms with Crippen LogP contribution in [0.5, 0.6) is 5.75 Å². The summed E-state index contributed by atoms with van der Waals surface area (Å²) in [5, 5.41) is 9.23. The van der Waals surface area contributed by atoms with Crippen LogP contribution in [0.2, 0.25) is 5.02 Å². The summed E-state index contributed by atoms with van der Waals surface area (Å²) in [6, 6.07) is 1.33. The Bertz CT molecular complexity index is 933. The number of halogens is 4. The number of ether oxygens (including phenoxy) is 4. The lowest BCUT2D eigenvalue weighted by Crippen LogP contribution is -2.41. The quantitative estimate of drug-likeness (QED) is 0.178. The van der Waals surface area contributed by atoms with Gasteiger partial charge in [-0.05, 0) is 37.1 Å². The molecule has 1 unspecified atom stereocenters. The molecule has 0 spiro atoms. The van der Waals surface area contributed by atoms with Gasteiger partial charge in [0.25, 0.3) is 5.09 Å². The number of fused-ring (bicyclic) bond motifs is 1. The smallest absolute Gasteiger partial charge is 0.475 e. The Morgan fingerprint density at radius 3 is 2.53 bits per heavy atom. The number of rotatable bonds is 8. The molecule has 0 radical (unpaired) electrons. The van der Waals surface area contributed by atoms with Crippen LogP contribution in [0.1, 0.15) is 23.1 Å². The summed E-state index contributed by atoms with van der Waals surface area (Å²) in [5.41, 5.74) is 0.237. The van der Waals surface area contributed by atoms with E-state index in [1.807, 2.05) is 0 Å². The highest BCUT2D eigenvalue weighted by Gasteiger charge is 2.49. The Morgan fingerprint density at radius 2 is 1.91 bits per heavy atom. The number of esters is 1. The molecule has 32 heavy (non-hydrogen) atoms. The van der Waals surface area contributed by atoms with Crippen molar-refractivity contribution < 1.29 is 51.6 Å². The summed E-state index contributed by atoms with van der Waals surface area (Å²) in [7, 11) is 0. The molecule has 14 heteroatoms. The van der Waals surface area contributed by atoms with E-state index in [4.69, 9.17) is 16.3 Å². The minimum Gasteiger partial charge on any atom is -0.475 e. The van der Waals surface area contributed by atoms with Crippen molar-refractivity contribution in [2.75, 3.05) is 20.0 Å². The highest BCUT2D eigenvalue weighted by atomic mass is 35.5. The largest absolute Gasteiger partial charge is 0.511 e. The Balaban J connectivity index is 2.01. The minimum absolute atomic E-state index is 0.0197. The van der Waals surface area contributed by atoms with Crippen molar-refractivity contribution in [1.29, 1.82) is 0 Å². The van der Waals surface area contributed by atoms with Gasteiger partial charge in [0.1, 0.15) is 5.75 Å². The van der Waals surface area contributed by atoms with Gasteiger partial charge in [0.05, 0.1) is 18.8 Å². The molecule has 0 saturated carbocycles. The fraction of sp³-hybridized carbons (Fsp3) is 0.444. The van der Waals surface area contributed by atoms with E-state index in [9.17, 15) is 32.9 Å². The standard InChI is InChI=1S/C18H17ClF3NO9/c1-9-6-13-11(10(2)14(9)19)7-12(15(32-13)18(20,21)22)16(24)29-8-30-17(25)28-4-3-5-31-23(26)27/h6-7,15H,3-5,8H2,1-2H3. The summed E-state index contributed by atoms with van der Waals surface area (Å²) < 4.78 is 59.0. The molecule has 1 aromatic rings. The van der Waals surface area contributed by atoms with Crippen LogP contribution in [0, 0.1) is 24.0 Å². The summed E-state index contributed by atoms with van der Waals surface area (Å²) in [5.74, 6) is -1.52. The third-order valence-electron chi connectivity index (χ3n) is 4.12. The maximum Gasteiger partial charge on any atom is 0.511 e. The minimum atomic E-state index is -4.93. The topological polar surface area (TPSA) is 123 Å². The first-order valence-corrected chi connectivity index (χ1v) is 9.28. The van der Waals surface area contributed by atoms with E-state index in [0.29, 0.717) is 16.1 Å². The van der Waals surface area contributed by atoms with Crippen LogP contribution in [0.4, 0.5) is 18.0 Å². The van der Waals surface area contributed by atoms with E-state index in [1.54, 1.807) is 13.8 Å². The number of carbonyl (C=O) groups excluding carboxylic acids is 2. The van der Waals surface area contributed by atoms with Crippen molar-refractivity contribution >= 4 is 29.8 Å². The highest BCUT2D eigenvalue weighted by Crippen LogP contribution is 2.41. The molecule has 0 fully saturated rings. The van der Waals surface area contributed by atoms with Crippen LogP contribution in [0.15, 0.2) is 11.6 Å². The molecule has 1 aromatic carbocycles. The van der Waals surface area contributed by atoms with Crippen LogP contribution >= 0.6 is 11.6 Å². The molecule has 1 heterocycles. The zero-order valence-electron chi connectivity index (χ0n) is 16.7. The van der Waals surface area contributed by atoms with Crippen molar-refractivity contribution in [2.45, 2.75) is 32.5 Å². The summed E-state index contributed by atoms with van der Waals surface area (Å²) in [6.45, 7) is 1.49. The van der Waals surface area contributed by atoms with Crippen molar-refractivity contribution in [3.05, 3.63) is 43.5 Å². The first kappa shape index (κ1) is 25.0. The molecular formula is C18H17ClF3NO9. The zero-order valence-corrected chi connectivity index (χ0v) is 17.4. The van der Waals surface area contributed by atoms with Gasteiger partial charge >= 0.3 is 18.3 Å². The third-order valence-corrected chi connectivity index (χ3v) is 4.71. The van der Waals surface area contributed by atoms with E-state index < -0.39 is 41.9 Å². The Morgan fingerprint density at radius 1 is 1.22 bits per heavy atom. The lowest BCUT2D eigenvalue weighted by molar-refractivity contribution is -0.757. The maximum absolute atomic E-state index is 13.5. The number of alkyl halides is 3. The second-order valence-electron chi connectivity index (χ2n) is 6.39. The molecule has 0 aliphatic carbocycles. The van der Waals surface area contributed by atoms with Crippen molar-refractivity contribution in [1.82, 2.24) is 0 Å². The molecule has 1 aliphatic rings. The lowest BCUT2D eigenvalue weighted by atomic mass is 9.96. The molecule has 0 aromatic heterocycles. The number of aryl methyl sites for hydroxylation is 1. The highest BCUT2D eigenvalue weighted by molar-refractivity contribution is 6.32. The van der Waals surface area contributed by atoms with E-state index in [2.05, 4.69) is 19.0 Å². The molecule has 0 saturated heterocycles. The van der Waals surface area contributed by atoms with E-state index in [-0.39, 0.29) is 30.9 Å². The predicted molar refractivity (Wildman–Crippen MR) is 100 cm³/mol. The average molecular weight is 484 g/mol. The van der Waals surface area contributed by atoms with Gasteiger partial charge in [0.2, 0.25) is 12.9 Å². The molecular weight excluding hydrogens is 467 g/mol. The third kappa shape index (κ3) is 6.39. The first-order chi connectivity index (χ1) is 14.9. The summed E-state index contributed by atoms with van der Waals surface area (Å²) in [4.78, 5) is 37.5. The monoisotopic (exact) mass is 483 g/mol. The number of carbonyl (C=O) groups is 2. The fourth-order valence-electron chi connectivity index (χ4n) is 2.65. The lowest BCUT2D eigenvalue weighted by Gasteiger charge is -2.29. The van der Waals surface area contributed by atoms with Gasteiger partial charge in [0, 0.05) is 17.0 Å². The van der Waals surface area contributed by atoms with Gasteiger partial charge in [-0.25, -0.2) is 9.59 Å². The molecule has 0 amide bonds. The molecule has 176 valence electrons. The molecule has 0 bridgehead atoms. The first-order valence-electron chi connectivity index (χ1n) is 8.90. The molecule has 1 atom stereocenters. The molecule has 0 N–H and O–H groups in total. The predicted octanol–water partition coefficient (Wildman–Crippen LogP) is 3.92. The fourth-order valence-corrected chi connectivity index (χ4v) is 2.81. The Hall–Kier alpha value is -3.22. The zero-order chi connectivity index (χ0) is 24.1. The van der Waals surface area contributed by atoms with Crippen molar-refractivity contribution in [3.63, 3.8) is 0 Å². The number of benzene rings is 1. The second-order valence-corrected chi connectivity index (χ2v) is 6.76. The van der Waals surface area contributed by atoms with Gasteiger partial charge in [-0.3, -0.25) is 0 Å². The molecule has 1 aliphatic heterocycles. The van der Waals surface area contributed by atoms with Gasteiger partial charge in [-0.1, -0.05) is 11.6 Å². The van der Waals surface area contributed by atoms with Crippen LogP contribution in [0.25, 0.3) is 6.08 Å². The summed E-state index contributed by atoms with van der Waals surface area (Å²) >= 11 is 6.13. The second kappa shape index (κ2) is 10.4. The van der Waals surface area contributed by atoms with E-state index >= 15 is 0 Å². The molecule has 2 rings (SSSR count). The van der Waals surface area contributed by atoms with Gasteiger partial charge in [-0.2, -0.15) is 13.2 Å². The average Bonchev–Trinajstić information content (AvgIpc) is 2.70. The van der Waals surface area contributed by atoms with Crippen LogP contribution in [-0.2, 0) is 23.8 Å². The van der Waals surface area contributed by atoms with Crippen LogP contribution in [0.3, 0.4) is 0 Å². The van der Waals surface area contributed by atoms with E-state index in [1.165, 1.54) is 6.07 Å². The normalized spacial score (nSPS) is 15.1. The number of hydrogen-bond acceptors (Lipinski definition) is 9. The van der Waals surface area contributed by atoms with Crippen LogP contribution in [-0.4, -0.2) is 49.5 Å². The van der Waals surface area contributed by atoms with Gasteiger partial charge in [0.15, 0.2) is 0 Å². The van der Waals surface area contributed by atoms with Gasteiger partial charge < -0.3 is 23.8 Å². The Kier molecular flexibility index (Phi) is 8.14. The SMILES string of the molecule is Cc1cc2c(c(C)c1Cl)C=C(C(=O)OCOC(=O)OCCCO[N+](=O)[O-])C(C(F)(F)F)O2. The maximum atomic E-state index is 13.5. The van der Waals surface area contributed by atoms with Crippen molar-refractivity contribution in [3.8, 4) is 5.75 Å². The Labute approximate surface area is 183 Å². The summed E-state index contributed by atoms with van der Waals surface area (Å²) in [6.07, 6.45) is -7.89. The van der Waals surface area contributed by atoms with Gasteiger partial charge in [-0.15, -0.1) is 10.1 Å².